The van der Waals surface area contributed by atoms with Crippen LogP contribution in [-0.2, 0) is 4.74 Å². The van der Waals surface area contributed by atoms with Gasteiger partial charge in [-0.3, -0.25) is 4.79 Å². The van der Waals surface area contributed by atoms with Crippen LogP contribution in [0.1, 0.15) is 34.6 Å². The molecule has 0 saturated heterocycles. The molecule has 1 rings (SSSR count). The predicted molar refractivity (Wildman–Crippen MR) is 58.9 cm³/mol. The fourth-order valence-corrected chi connectivity index (χ4v) is 1.29. The Morgan fingerprint density at radius 3 is 2.56 bits per heavy atom. The van der Waals surface area contributed by atoms with Gasteiger partial charge in [-0.2, -0.15) is 0 Å². The van der Waals surface area contributed by atoms with Gasteiger partial charge < -0.3 is 9.47 Å². The minimum atomic E-state index is -0.514. The van der Waals surface area contributed by atoms with Crippen LogP contribution >= 0.6 is 0 Å². The lowest BCUT2D eigenvalue weighted by Crippen LogP contribution is -2.12. The Balaban J connectivity index is 3.25. The van der Waals surface area contributed by atoms with Crippen molar-refractivity contribution in [2.45, 2.75) is 20.0 Å². The molecule has 0 aliphatic rings. The number of aldehydes is 1. The zero-order valence-corrected chi connectivity index (χ0v) is 9.52. The van der Waals surface area contributed by atoms with Gasteiger partial charge in [0.25, 0.3) is 0 Å². The lowest BCUT2D eigenvalue weighted by Gasteiger charge is -2.14. The van der Waals surface area contributed by atoms with E-state index in [4.69, 9.17) is 4.74 Å². The molecule has 0 spiro atoms. The van der Waals surface area contributed by atoms with Crippen LogP contribution in [-0.4, -0.2) is 25.5 Å². The molecule has 0 aliphatic heterocycles. The van der Waals surface area contributed by atoms with Gasteiger partial charge >= 0.3 is 5.97 Å². The molecule has 0 amide bonds. The number of hydrogen-bond acceptors (Lipinski definition) is 4. The molecule has 16 heavy (non-hydrogen) atoms. The molecule has 1 aromatic carbocycles. The van der Waals surface area contributed by atoms with Gasteiger partial charge in [-0.25, -0.2) is 4.79 Å². The zero-order valence-electron chi connectivity index (χ0n) is 9.52. The van der Waals surface area contributed by atoms with Crippen LogP contribution in [0, 0.1) is 0 Å². The van der Waals surface area contributed by atoms with E-state index < -0.39 is 5.97 Å². The summed E-state index contributed by atoms with van der Waals surface area (Å²) >= 11 is 0. The number of para-hydroxylation sites is 1. The van der Waals surface area contributed by atoms with E-state index in [9.17, 15) is 9.59 Å². The number of esters is 1. The monoisotopic (exact) mass is 222 g/mol. The molecule has 86 valence electrons. The second-order valence-corrected chi connectivity index (χ2v) is 3.50. The van der Waals surface area contributed by atoms with Gasteiger partial charge in [0.15, 0.2) is 6.29 Å². The summed E-state index contributed by atoms with van der Waals surface area (Å²) < 4.78 is 10.1. The van der Waals surface area contributed by atoms with Crippen molar-refractivity contribution in [2.75, 3.05) is 7.11 Å². The third kappa shape index (κ3) is 2.59. The Hall–Kier alpha value is -1.84. The maximum atomic E-state index is 11.5. The van der Waals surface area contributed by atoms with E-state index in [0.29, 0.717) is 11.8 Å². The largest absolute Gasteiger partial charge is 0.489 e. The fourth-order valence-electron chi connectivity index (χ4n) is 1.29. The number of ether oxygens (including phenoxy) is 2. The smallest absolute Gasteiger partial charge is 0.341 e. The quantitative estimate of drug-likeness (QED) is 0.578. The number of hydrogen-bond donors (Lipinski definition) is 0. The van der Waals surface area contributed by atoms with Crippen LogP contribution in [0.2, 0.25) is 0 Å². The molecule has 0 aromatic heterocycles. The summed E-state index contributed by atoms with van der Waals surface area (Å²) in [5, 5.41) is 0. The van der Waals surface area contributed by atoms with Crippen molar-refractivity contribution in [1.82, 2.24) is 0 Å². The van der Waals surface area contributed by atoms with Crippen LogP contribution in [0.15, 0.2) is 18.2 Å². The summed E-state index contributed by atoms with van der Waals surface area (Å²) in [7, 11) is 1.29. The molecule has 0 heterocycles. The minimum absolute atomic E-state index is 0.121. The number of benzene rings is 1. The Labute approximate surface area is 94.2 Å². The Morgan fingerprint density at radius 1 is 1.38 bits per heavy atom. The SMILES string of the molecule is COC(=O)c1cccc(C=O)c1OC(C)C. The molecule has 4 heteroatoms. The van der Waals surface area contributed by atoms with Crippen molar-refractivity contribution in [3.05, 3.63) is 29.3 Å². The first kappa shape index (κ1) is 12.2. The summed E-state index contributed by atoms with van der Waals surface area (Å²) in [4.78, 5) is 22.3. The van der Waals surface area contributed by atoms with E-state index >= 15 is 0 Å². The Kier molecular flexibility index (Phi) is 4.05. The van der Waals surface area contributed by atoms with Crippen LogP contribution < -0.4 is 4.74 Å². The first-order chi connectivity index (χ1) is 7.60. The molecule has 0 N–H and O–H groups in total. The van der Waals surface area contributed by atoms with Gasteiger partial charge in [-0.1, -0.05) is 6.07 Å². The van der Waals surface area contributed by atoms with Gasteiger partial charge in [-0.05, 0) is 26.0 Å². The lowest BCUT2D eigenvalue weighted by atomic mass is 10.1. The minimum Gasteiger partial charge on any atom is -0.489 e. The van der Waals surface area contributed by atoms with E-state index in [1.807, 2.05) is 13.8 Å². The summed E-state index contributed by atoms with van der Waals surface area (Å²) in [6, 6.07) is 4.77. The molecule has 1 aromatic rings. The molecule has 0 saturated carbocycles. The second kappa shape index (κ2) is 5.30. The highest BCUT2D eigenvalue weighted by Gasteiger charge is 2.17. The molecule has 0 atom stereocenters. The third-order valence-electron chi connectivity index (χ3n) is 1.93. The van der Waals surface area contributed by atoms with Crippen molar-refractivity contribution in [3.8, 4) is 5.75 Å². The highest BCUT2D eigenvalue weighted by molar-refractivity contribution is 5.96. The number of rotatable bonds is 4. The Morgan fingerprint density at radius 2 is 2.06 bits per heavy atom. The average Bonchev–Trinajstić information content (AvgIpc) is 2.27. The van der Waals surface area contributed by atoms with Crippen LogP contribution in [0.4, 0.5) is 0 Å². The second-order valence-electron chi connectivity index (χ2n) is 3.50. The summed E-state index contributed by atoms with van der Waals surface area (Å²) in [6.07, 6.45) is 0.536. The standard InChI is InChI=1S/C12H14O4/c1-8(2)16-11-9(7-13)5-4-6-10(11)12(14)15-3/h4-8H,1-3H3. The van der Waals surface area contributed by atoms with Gasteiger partial charge in [-0.15, -0.1) is 0 Å². The maximum absolute atomic E-state index is 11.5. The van der Waals surface area contributed by atoms with E-state index in [1.165, 1.54) is 7.11 Å². The fraction of sp³-hybridized carbons (Fsp3) is 0.333. The number of methoxy groups -OCH3 is 1. The van der Waals surface area contributed by atoms with E-state index in [2.05, 4.69) is 4.74 Å². The molecule has 0 radical (unpaired) electrons. The molecule has 0 unspecified atom stereocenters. The Bertz CT molecular complexity index is 396. The molecule has 0 bridgehead atoms. The van der Waals surface area contributed by atoms with Gasteiger partial charge in [0.2, 0.25) is 0 Å². The molecule has 4 nitrogen and oxygen atoms in total. The van der Waals surface area contributed by atoms with E-state index in [0.717, 1.165) is 0 Å². The highest BCUT2D eigenvalue weighted by Crippen LogP contribution is 2.24. The molecule has 0 fully saturated rings. The van der Waals surface area contributed by atoms with E-state index in [-0.39, 0.29) is 17.4 Å². The van der Waals surface area contributed by atoms with E-state index in [1.54, 1.807) is 18.2 Å². The number of carbonyl (C=O) groups excluding carboxylic acids is 2. The van der Waals surface area contributed by atoms with Crippen LogP contribution in [0.3, 0.4) is 0 Å². The first-order valence-corrected chi connectivity index (χ1v) is 4.93. The predicted octanol–water partition coefficient (Wildman–Crippen LogP) is 2.07. The van der Waals surface area contributed by atoms with Crippen molar-refractivity contribution in [1.29, 1.82) is 0 Å². The maximum Gasteiger partial charge on any atom is 0.341 e. The lowest BCUT2D eigenvalue weighted by molar-refractivity contribution is 0.0594. The molecule has 0 aliphatic carbocycles. The topological polar surface area (TPSA) is 52.6 Å². The first-order valence-electron chi connectivity index (χ1n) is 4.93. The summed E-state index contributed by atoms with van der Waals surface area (Å²) in [5.41, 5.74) is 0.609. The number of carbonyl (C=O) groups is 2. The zero-order chi connectivity index (χ0) is 12.1. The van der Waals surface area contributed by atoms with Crippen molar-refractivity contribution in [2.24, 2.45) is 0 Å². The normalized spacial score (nSPS) is 10.0. The van der Waals surface area contributed by atoms with Crippen LogP contribution in [0.25, 0.3) is 0 Å². The third-order valence-corrected chi connectivity index (χ3v) is 1.93. The van der Waals surface area contributed by atoms with Crippen molar-refractivity contribution in [3.63, 3.8) is 0 Å². The highest BCUT2D eigenvalue weighted by atomic mass is 16.5. The summed E-state index contributed by atoms with van der Waals surface area (Å²) in [5.74, 6) is -0.237. The van der Waals surface area contributed by atoms with Gasteiger partial charge in [0, 0.05) is 0 Å². The van der Waals surface area contributed by atoms with Gasteiger partial charge in [0.1, 0.15) is 11.3 Å². The molecular formula is C12H14O4. The molecular weight excluding hydrogens is 208 g/mol. The van der Waals surface area contributed by atoms with Crippen LogP contribution in [0.5, 0.6) is 5.75 Å². The van der Waals surface area contributed by atoms with Crippen molar-refractivity contribution >= 4 is 12.3 Å². The average molecular weight is 222 g/mol. The summed E-state index contributed by atoms with van der Waals surface area (Å²) in [6.45, 7) is 3.64. The van der Waals surface area contributed by atoms with Crippen molar-refractivity contribution < 1.29 is 19.1 Å². The van der Waals surface area contributed by atoms with Gasteiger partial charge in [0.05, 0.1) is 18.8 Å².